The molecule has 0 spiro atoms. The van der Waals surface area contributed by atoms with Crippen molar-refractivity contribution in [1.29, 1.82) is 0 Å². The predicted octanol–water partition coefficient (Wildman–Crippen LogP) is 1.83. The number of hydrogen-bond acceptors (Lipinski definition) is 4. The minimum absolute atomic E-state index is 0.0691. The minimum atomic E-state index is -0.0691. The van der Waals surface area contributed by atoms with Crippen molar-refractivity contribution in [2.24, 2.45) is 5.92 Å². The van der Waals surface area contributed by atoms with Crippen LogP contribution in [0.15, 0.2) is 18.7 Å². The number of anilines is 1. The summed E-state index contributed by atoms with van der Waals surface area (Å²) in [5.41, 5.74) is 6.87. The Hall–Kier alpha value is -1.91. The smallest absolute Gasteiger partial charge is 0.272 e. The van der Waals surface area contributed by atoms with Gasteiger partial charge in [0.1, 0.15) is 5.69 Å². The first-order valence-corrected chi connectivity index (χ1v) is 6.57. The van der Waals surface area contributed by atoms with Gasteiger partial charge in [-0.15, -0.1) is 6.58 Å². The van der Waals surface area contributed by atoms with Gasteiger partial charge in [-0.1, -0.05) is 19.9 Å². The molecule has 1 aliphatic heterocycles. The van der Waals surface area contributed by atoms with Crippen LogP contribution in [0.5, 0.6) is 0 Å². The van der Waals surface area contributed by atoms with Gasteiger partial charge in [0.25, 0.3) is 5.91 Å². The molecule has 1 aliphatic rings. The fraction of sp³-hybridized carbons (Fsp3) is 0.500. The first-order chi connectivity index (χ1) is 9.01. The van der Waals surface area contributed by atoms with Gasteiger partial charge >= 0.3 is 0 Å². The molecule has 5 nitrogen and oxygen atoms in total. The molecule has 1 saturated heterocycles. The molecule has 19 heavy (non-hydrogen) atoms. The van der Waals surface area contributed by atoms with Gasteiger partial charge in [0, 0.05) is 18.8 Å². The van der Waals surface area contributed by atoms with E-state index in [2.05, 4.69) is 16.5 Å². The number of amides is 1. The van der Waals surface area contributed by atoms with E-state index >= 15 is 0 Å². The van der Waals surface area contributed by atoms with E-state index in [1.807, 2.05) is 19.9 Å². The summed E-state index contributed by atoms with van der Waals surface area (Å²) >= 11 is 0. The molecule has 0 radical (unpaired) electrons. The molecule has 0 aliphatic carbocycles. The molecular weight excluding hydrogens is 240 g/mol. The van der Waals surface area contributed by atoms with Crippen LogP contribution in [0.2, 0.25) is 0 Å². The van der Waals surface area contributed by atoms with Gasteiger partial charge in [-0.3, -0.25) is 4.79 Å². The Bertz CT molecular complexity index is 498. The maximum Gasteiger partial charge on any atom is 0.272 e. The zero-order valence-electron chi connectivity index (χ0n) is 11.5. The van der Waals surface area contributed by atoms with Crippen LogP contribution in [0.25, 0.3) is 0 Å². The molecule has 1 fully saturated rings. The van der Waals surface area contributed by atoms with Crippen molar-refractivity contribution in [2.75, 3.05) is 18.8 Å². The van der Waals surface area contributed by atoms with Crippen LogP contribution in [0.1, 0.15) is 42.4 Å². The standard InChI is InChI=1S/C14H20N4O/c1-4-10-5-6-18(8-10)13(19)12-7-11(9(2)3)16-14(15)17-12/h4,7,9-10H,1,5-6,8H2,2-3H3,(H2,15,16,17). The van der Waals surface area contributed by atoms with Gasteiger partial charge in [-0.2, -0.15) is 0 Å². The van der Waals surface area contributed by atoms with E-state index in [1.54, 1.807) is 11.0 Å². The fourth-order valence-corrected chi connectivity index (χ4v) is 2.22. The zero-order chi connectivity index (χ0) is 14.0. The highest BCUT2D eigenvalue weighted by molar-refractivity contribution is 5.92. The second-order valence-electron chi connectivity index (χ2n) is 5.23. The Balaban J connectivity index is 2.22. The topological polar surface area (TPSA) is 72.1 Å². The molecule has 1 unspecified atom stereocenters. The SMILES string of the molecule is C=CC1CCN(C(=O)c2cc(C(C)C)nc(N)n2)C1. The number of nitrogen functional groups attached to an aromatic ring is 1. The van der Waals surface area contributed by atoms with Crippen molar-refractivity contribution in [3.05, 3.63) is 30.1 Å². The molecule has 1 aromatic heterocycles. The number of carbonyl (C=O) groups is 1. The molecule has 2 N–H and O–H groups in total. The maximum atomic E-state index is 12.4. The lowest BCUT2D eigenvalue weighted by molar-refractivity contribution is 0.0783. The lowest BCUT2D eigenvalue weighted by Gasteiger charge is -2.16. The third kappa shape index (κ3) is 2.92. The number of carbonyl (C=O) groups excluding carboxylic acids is 1. The summed E-state index contributed by atoms with van der Waals surface area (Å²) in [5, 5.41) is 0. The fourth-order valence-electron chi connectivity index (χ4n) is 2.22. The van der Waals surface area contributed by atoms with Gasteiger partial charge in [0.2, 0.25) is 5.95 Å². The number of aromatic nitrogens is 2. The van der Waals surface area contributed by atoms with Crippen molar-refractivity contribution < 1.29 is 4.79 Å². The van der Waals surface area contributed by atoms with Crippen LogP contribution < -0.4 is 5.73 Å². The van der Waals surface area contributed by atoms with Crippen molar-refractivity contribution in [3.63, 3.8) is 0 Å². The van der Waals surface area contributed by atoms with E-state index in [0.717, 1.165) is 18.7 Å². The number of nitrogens with zero attached hydrogens (tertiary/aromatic N) is 3. The molecule has 102 valence electrons. The largest absolute Gasteiger partial charge is 0.368 e. The summed E-state index contributed by atoms with van der Waals surface area (Å²) in [6.07, 6.45) is 2.87. The van der Waals surface area contributed by atoms with Gasteiger partial charge in [-0.05, 0) is 24.3 Å². The molecule has 1 atom stereocenters. The van der Waals surface area contributed by atoms with Crippen molar-refractivity contribution in [3.8, 4) is 0 Å². The van der Waals surface area contributed by atoms with E-state index in [9.17, 15) is 4.79 Å². The molecule has 0 bridgehead atoms. The number of likely N-dealkylation sites (tertiary alicyclic amines) is 1. The minimum Gasteiger partial charge on any atom is -0.368 e. The molecule has 2 heterocycles. The Kier molecular flexibility index (Phi) is 3.83. The zero-order valence-corrected chi connectivity index (χ0v) is 11.5. The molecule has 0 aromatic carbocycles. The summed E-state index contributed by atoms with van der Waals surface area (Å²) in [6, 6.07) is 1.74. The average Bonchev–Trinajstić information content (AvgIpc) is 2.85. The third-order valence-corrected chi connectivity index (χ3v) is 3.42. The third-order valence-electron chi connectivity index (χ3n) is 3.42. The van der Waals surface area contributed by atoms with Crippen LogP contribution in [0.3, 0.4) is 0 Å². The van der Waals surface area contributed by atoms with E-state index in [0.29, 0.717) is 18.2 Å². The number of nitrogens with two attached hydrogens (primary N) is 1. The summed E-state index contributed by atoms with van der Waals surface area (Å²) < 4.78 is 0. The second-order valence-corrected chi connectivity index (χ2v) is 5.23. The highest BCUT2D eigenvalue weighted by Gasteiger charge is 2.26. The highest BCUT2D eigenvalue weighted by Crippen LogP contribution is 2.20. The molecule has 5 heteroatoms. The van der Waals surface area contributed by atoms with Gasteiger partial charge in [0.05, 0.1) is 0 Å². The van der Waals surface area contributed by atoms with Crippen LogP contribution >= 0.6 is 0 Å². The molecule has 1 aromatic rings. The van der Waals surface area contributed by atoms with E-state index in [4.69, 9.17) is 5.73 Å². The Morgan fingerprint density at radius 1 is 1.58 bits per heavy atom. The first kappa shape index (κ1) is 13.5. The van der Waals surface area contributed by atoms with Crippen LogP contribution in [0, 0.1) is 5.92 Å². The second kappa shape index (κ2) is 5.38. The van der Waals surface area contributed by atoms with Gasteiger partial charge in [-0.25, -0.2) is 9.97 Å². The number of rotatable bonds is 3. The highest BCUT2D eigenvalue weighted by atomic mass is 16.2. The maximum absolute atomic E-state index is 12.4. The number of hydrogen-bond donors (Lipinski definition) is 1. The first-order valence-electron chi connectivity index (χ1n) is 6.57. The average molecular weight is 260 g/mol. The summed E-state index contributed by atoms with van der Waals surface area (Å²) in [7, 11) is 0. The molecule has 2 rings (SSSR count). The van der Waals surface area contributed by atoms with Crippen LogP contribution in [-0.2, 0) is 0 Å². The Morgan fingerprint density at radius 3 is 2.89 bits per heavy atom. The van der Waals surface area contributed by atoms with E-state index in [1.165, 1.54) is 0 Å². The quantitative estimate of drug-likeness (QED) is 0.842. The van der Waals surface area contributed by atoms with E-state index < -0.39 is 0 Å². The molecular formula is C14H20N4O. The summed E-state index contributed by atoms with van der Waals surface area (Å²) in [4.78, 5) is 22.4. The lowest BCUT2D eigenvalue weighted by Crippen LogP contribution is -2.29. The van der Waals surface area contributed by atoms with Crippen molar-refractivity contribution in [2.45, 2.75) is 26.2 Å². The lowest BCUT2D eigenvalue weighted by atomic mass is 10.1. The predicted molar refractivity (Wildman–Crippen MR) is 74.7 cm³/mol. The van der Waals surface area contributed by atoms with Gasteiger partial charge < -0.3 is 10.6 Å². The Labute approximate surface area is 113 Å². The summed E-state index contributed by atoms with van der Waals surface area (Å²) in [6.45, 7) is 9.26. The molecule has 0 saturated carbocycles. The van der Waals surface area contributed by atoms with E-state index in [-0.39, 0.29) is 17.8 Å². The Morgan fingerprint density at radius 2 is 2.32 bits per heavy atom. The monoisotopic (exact) mass is 260 g/mol. The van der Waals surface area contributed by atoms with Crippen molar-refractivity contribution in [1.82, 2.24) is 14.9 Å². The van der Waals surface area contributed by atoms with Crippen LogP contribution in [-0.4, -0.2) is 33.9 Å². The van der Waals surface area contributed by atoms with Crippen molar-refractivity contribution >= 4 is 11.9 Å². The van der Waals surface area contributed by atoms with Gasteiger partial charge in [0.15, 0.2) is 0 Å². The van der Waals surface area contributed by atoms with Crippen LogP contribution in [0.4, 0.5) is 5.95 Å². The summed E-state index contributed by atoms with van der Waals surface area (Å²) in [5.74, 6) is 0.693. The normalized spacial score (nSPS) is 18.9. The molecule has 1 amide bonds.